The van der Waals surface area contributed by atoms with Crippen molar-refractivity contribution in [2.75, 3.05) is 5.32 Å². The number of anilines is 1. The van der Waals surface area contributed by atoms with E-state index >= 15 is 0 Å². The minimum absolute atomic E-state index is 0.254. The maximum absolute atomic E-state index is 5.03. The second-order valence-electron chi connectivity index (χ2n) is 3.27. The molecule has 1 atom stereocenters. The van der Waals surface area contributed by atoms with Gasteiger partial charge in [0.1, 0.15) is 0 Å². The predicted octanol–water partition coefficient (Wildman–Crippen LogP) is 3.00. The third kappa shape index (κ3) is 2.36. The molecule has 0 aliphatic carbocycles. The normalized spacial score (nSPS) is 12.7. The van der Waals surface area contributed by atoms with Crippen molar-refractivity contribution in [3.63, 3.8) is 0 Å². The molecular formula is C10H13N3OS. The van der Waals surface area contributed by atoms with E-state index in [9.17, 15) is 0 Å². The molecule has 4 nitrogen and oxygen atoms in total. The fourth-order valence-electron chi connectivity index (χ4n) is 1.37. The van der Waals surface area contributed by atoms with Crippen LogP contribution >= 0.6 is 11.3 Å². The summed E-state index contributed by atoms with van der Waals surface area (Å²) in [5.41, 5.74) is 0. The first-order chi connectivity index (χ1) is 7.29. The summed E-state index contributed by atoms with van der Waals surface area (Å²) in [6.45, 7) is 3.93. The lowest BCUT2D eigenvalue weighted by Crippen LogP contribution is -2.08. The molecule has 0 saturated carbocycles. The van der Waals surface area contributed by atoms with Crippen molar-refractivity contribution in [1.29, 1.82) is 0 Å². The Morgan fingerprint density at radius 2 is 2.47 bits per heavy atom. The Bertz CT molecular complexity index is 410. The second-order valence-corrected chi connectivity index (χ2v) is 4.25. The van der Waals surface area contributed by atoms with E-state index < -0.39 is 0 Å². The van der Waals surface area contributed by atoms with Gasteiger partial charge in [0, 0.05) is 4.88 Å². The summed E-state index contributed by atoms with van der Waals surface area (Å²) in [5.74, 6) is 0.651. The van der Waals surface area contributed by atoms with E-state index in [1.54, 1.807) is 18.3 Å². The molecule has 2 aromatic heterocycles. The number of hydrogen-bond donors (Lipinski definition) is 1. The number of nitrogens with one attached hydrogen (secondary N) is 1. The highest BCUT2D eigenvalue weighted by molar-refractivity contribution is 7.10. The molecule has 2 heterocycles. The van der Waals surface area contributed by atoms with Gasteiger partial charge in [-0.1, -0.05) is 18.1 Å². The standard InChI is InChI=1S/C10H13N3OS/c1-3-8(9-5-4-6-15-9)12-10-11-7(2)13-14-10/h4-6,8H,3H2,1-2H3,(H,11,12,13). The van der Waals surface area contributed by atoms with Crippen LogP contribution in [0, 0.1) is 6.92 Å². The number of rotatable bonds is 4. The van der Waals surface area contributed by atoms with Crippen LogP contribution in [0.5, 0.6) is 0 Å². The number of hydrogen-bond acceptors (Lipinski definition) is 5. The Labute approximate surface area is 92.3 Å². The summed E-state index contributed by atoms with van der Waals surface area (Å²) in [4.78, 5) is 5.41. The van der Waals surface area contributed by atoms with Gasteiger partial charge in [-0.3, -0.25) is 0 Å². The van der Waals surface area contributed by atoms with Gasteiger partial charge < -0.3 is 9.84 Å². The lowest BCUT2D eigenvalue weighted by molar-refractivity contribution is 0.421. The molecule has 0 fully saturated rings. The summed E-state index contributed by atoms with van der Waals surface area (Å²) < 4.78 is 5.03. The van der Waals surface area contributed by atoms with E-state index in [2.05, 4.69) is 33.8 Å². The molecule has 0 bridgehead atoms. The van der Waals surface area contributed by atoms with Crippen molar-refractivity contribution in [3.05, 3.63) is 28.2 Å². The van der Waals surface area contributed by atoms with Gasteiger partial charge in [0.25, 0.3) is 0 Å². The Morgan fingerprint density at radius 3 is 3.00 bits per heavy atom. The van der Waals surface area contributed by atoms with Crippen LogP contribution in [0.2, 0.25) is 0 Å². The zero-order valence-electron chi connectivity index (χ0n) is 8.73. The largest absolute Gasteiger partial charge is 0.330 e. The molecular weight excluding hydrogens is 210 g/mol. The molecule has 5 heteroatoms. The van der Waals surface area contributed by atoms with Crippen LogP contribution in [0.1, 0.15) is 30.1 Å². The first-order valence-corrected chi connectivity index (χ1v) is 5.78. The van der Waals surface area contributed by atoms with Gasteiger partial charge in [0.15, 0.2) is 5.82 Å². The Hall–Kier alpha value is -1.36. The minimum Gasteiger partial charge on any atom is -0.330 e. The first-order valence-electron chi connectivity index (χ1n) is 4.90. The number of aryl methyl sites for hydroxylation is 1. The molecule has 80 valence electrons. The Morgan fingerprint density at radius 1 is 1.60 bits per heavy atom. The van der Waals surface area contributed by atoms with Crippen molar-refractivity contribution in [3.8, 4) is 0 Å². The van der Waals surface area contributed by atoms with Gasteiger partial charge in [0.05, 0.1) is 6.04 Å². The van der Waals surface area contributed by atoms with Gasteiger partial charge >= 0.3 is 6.01 Å². The lowest BCUT2D eigenvalue weighted by Gasteiger charge is -2.12. The van der Waals surface area contributed by atoms with Crippen LogP contribution in [0.25, 0.3) is 0 Å². The maximum atomic E-state index is 5.03. The van der Waals surface area contributed by atoms with Gasteiger partial charge in [-0.05, 0) is 24.8 Å². The van der Waals surface area contributed by atoms with Crippen LogP contribution in [0.15, 0.2) is 22.0 Å². The van der Waals surface area contributed by atoms with Gasteiger partial charge in [-0.25, -0.2) is 0 Å². The smallest absolute Gasteiger partial charge is 0.321 e. The van der Waals surface area contributed by atoms with E-state index in [1.165, 1.54) is 4.88 Å². The molecule has 1 N–H and O–H groups in total. The summed E-state index contributed by atoms with van der Waals surface area (Å²) >= 11 is 1.73. The summed E-state index contributed by atoms with van der Waals surface area (Å²) in [6.07, 6.45) is 0.988. The number of aromatic nitrogens is 2. The highest BCUT2D eigenvalue weighted by Crippen LogP contribution is 2.25. The first kappa shape index (κ1) is 10.2. The summed E-state index contributed by atoms with van der Waals surface area (Å²) in [5, 5.41) is 9.03. The van der Waals surface area contributed by atoms with Crippen LogP contribution in [0.3, 0.4) is 0 Å². The van der Waals surface area contributed by atoms with Crippen molar-refractivity contribution in [1.82, 2.24) is 10.1 Å². The third-order valence-corrected chi connectivity index (χ3v) is 3.11. The van der Waals surface area contributed by atoms with Crippen molar-refractivity contribution in [2.45, 2.75) is 26.3 Å². The topological polar surface area (TPSA) is 51.0 Å². The molecule has 0 saturated heterocycles. The molecule has 0 aliphatic rings. The minimum atomic E-state index is 0.254. The Kier molecular flexibility index (Phi) is 3.01. The quantitative estimate of drug-likeness (QED) is 0.865. The Balaban J connectivity index is 2.09. The fourth-order valence-corrected chi connectivity index (χ4v) is 2.23. The average molecular weight is 223 g/mol. The number of thiophene rings is 1. The fraction of sp³-hybridized carbons (Fsp3) is 0.400. The van der Waals surface area contributed by atoms with E-state index in [0.717, 1.165) is 6.42 Å². The average Bonchev–Trinajstić information content (AvgIpc) is 2.85. The van der Waals surface area contributed by atoms with Gasteiger partial charge in [-0.2, -0.15) is 4.98 Å². The number of nitrogens with zero attached hydrogens (tertiary/aromatic N) is 2. The molecule has 0 aliphatic heterocycles. The van der Waals surface area contributed by atoms with Crippen LogP contribution in [-0.2, 0) is 0 Å². The van der Waals surface area contributed by atoms with E-state index in [-0.39, 0.29) is 6.04 Å². The summed E-state index contributed by atoms with van der Waals surface area (Å²) in [7, 11) is 0. The molecule has 0 spiro atoms. The molecule has 0 amide bonds. The van der Waals surface area contributed by atoms with Crippen LogP contribution < -0.4 is 5.32 Å². The molecule has 15 heavy (non-hydrogen) atoms. The van der Waals surface area contributed by atoms with E-state index in [4.69, 9.17) is 4.52 Å². The van der Waals surface area contributed by atoms with Crippen LogP contribution in [0.4, 0.5) is 6.01 Å². The van der Waals surface area contributed by atoms with E-state index in [0.29, 0.717) is 11.8 Å². The highest BCUT2D eigenvalue weighted by atomic mass is 32.1. The molecule has 0 radical (unpaired) electrons. The monoisotopic (exact) mass is 223 g/mol. The maximum Gasteiger partial charge on any atom is 0.321 e. The molecule has 2 aromatic rings. The van der Waals surface area contributed by atoms with Gasteiger partial charge in [-0.15, -0.1) is 11.3 Å². The highest BCUT2D eigenvalue weighted by Gasteiger charge is 2.12. The zero-order chi connectivity index (χ0) is 10.7. The van der Waals surface area contributed by atoms with Crippen molar-refractivity contribution in [2.24, 2.45) is 0 Å². The van der Waals surface area contributed by atoms with Crippen LogP contribution in [-0.4, -0.2) is 10.1 Å². The lowest BCUT2D eigenvalue weighted by atomic mass is 10.2. The second kappa shape index (κ2) is 4.44. The van der Waals surface area contributed by atoms with Crippen molar-refractivity contribution < 1.29 is 4.52 Å². The molecule has 1 unspecified atom stereocenters. The molecule has 2 rings (SSSR count). The summed E-state index contributed by atoms with van der Waals surface area (Å²) in [6, 6.07) is 4.90. The zero-order valence-corrected chi connectivity index (χ0v) is 9.54. The predicted molar refractivity (Wildman–Crippen MR) is 60.0 cm³/mol. The molecule has 0 aromatic carbocycles. The van der Waals surface area contributed by atoms with Gasteiger partial charge in [0.2, 0.25) is 0 Å². The SMILES string of the molecule is CCC(Nc1nc(C)no1)c1cccs1. The van der Waals surface area contributed by atoms with E-state index in [1.807, 2.05) is 6.07 Å². The van der Waals surface area contributed by atoms with Crippen molar-refractivity contribution >= 4 is 17.4 Å². The third-order valence-electron chi connectivity index (χ3n) is 2.12.